The third-order valence-electron chi connectivity index (χ3n) is 2.78. The van der Waals surface area contributed by atoms with E-state index in [1.165, 1.54) is 17.2 Å². The van der Waals surface area contributed by atoms with Gasteiger partial charge in [-0.15, -0.1) is 0 Å². The maximum absolute atomic E-state index is 11.3. The first-order chi connectivity index (χ1) is 9.19. The topological polar surface area (TPSA) is 90.0 Å². The molecule has 0 aliphatic rings. The van der Waals surface area contributed by atoms with Crippen molar-refractivity contribution in [2.24, 2.45) is 0 Å². The highest BCUT2D eigenvalue weighted by molar-refractivity contribution is 5.65. The average Bonchev–Trinajstić information content (AvgIpc) is 2.93. The zero-order valence-corrected chi connectivity index (χ0v) is 10.7. The number of nitro groups is 1. The first kappa shape index (κ1) is 12.9. The Labute approximate surface area is 109 Å². The summed E-state index contributed by atoms with van der Waals surface area (Å²) in [5.41, 5.74) is -0.107. The Morgan fingerprint density at radius 3 is 2.63 bits per heavy atom. The van der Waals surface area contributed by atoms with Crippen molar-refractivity contribution in [3.05, 3.63) is 35.2 Å². The highest BCUT2D eigenvalue weighted by Gasteiger charge is 2.26. The van der Waals surface area contributed by atoms with Gasteiger partial charge in [0.25, 0.3) is 0 Å². The van der Waals surface area contributed by atoms with E-state index in [0.29, 0.717) is 18.9 Å². The molecule has 0 aliphatic heterocycles. The molecule has 2 rings (SSSR count). The van der Waals surface area contributed by atoms with E-state index in [9.17, 15) is 10.1 Å². The Morgan fingerprint density at radius 2 is 2.11 bits per heavy atom. The molecule has 8 nitrogen and oxygen atoms in total. The molecule has 0 bridgehead atoms. The predicted octanol–water partition coefficient (Wildman–Crippen LogP) is 1.42. The quantitative estimate of drug-likeness (QED) is 0.598. The molecule has 0 spiro atoms. The van der Waals surface area contributed by atoms with Crippen LogP contribution in [0, 0.1) is 10.1 Å². The first-order valence-corrected chi connectivity index (χ1v) is 5.91. The largest absolute Gasteiger partial charge is 0.354 e. The number of nitrogens with zero attached hydrogens (tertiary/aromatic N) is 6. The van der Waals surface area contributed by atoms with Crippen LogP contribution < -0.4 is 4.90 Å². The van der Waals surface area contributed by atoms with Gasteiger partial charge in [0.1, 0.15) is 12.7 Å². The maximum atomic E-state index is 11.3. The number of aromatic nitrogens is 4. The van der Waals surface area contributed by atoms with E-state index < -0.39 is 4.92 Å². The van der Waals surface area contributed by atoms with Gasteiger partial charge in [-0.2, -0.15) is 0 Å². The lowest BCUT2D eigenvalue weighted by molar-refractivity contribution is -0.384. The van der Waals surface area contributed by atoms with Crippen molar-refractivity contribution < 1.29 is 4.92 Å². The van der Waals surface area contributed by atoms with Crippen LogP contribution in [0.2, 0.25) is 0 Å². The molecule has 2 aromatic rings. The number of anilines is 1. The van der Waals surface area contributed by atoms with Gasteiger partial charge in [0.15, 0.2) is 0 Å². The SMILES string of the molecule is CCN(CC)c1ncnc(-n2ccnc2)c1[N+](=O)[O-]. The molecule has 0 aliphatic carbocycles. The van der Waals surface area contributed by atoms with Gasteiger partial charge in [-0.1, -0.05) is 0 Å². The zero-order chi connectivity index (χ0) is 13.8. The highest BCUT2D eigenvalue weighted by atomic mass is 16.6. The summed E-state index contributed by atoms with van der Waals surface area (Å²) in [5, 5.41) is 11.3. The number of hydrogen-bond acceptors (Lipinski definition) is 6. The monoisotopic (exact) mass is 262 g/mol. The lowest BCUT2D eigenvalue weighted by atomic mass is 10.3. The van der Waals surface area contributed by atoms with Crippen molar-refractivity contribution in [1.29, 1.82) is 0 Å². The van der Waals surface area contributed by atoms with Crippen LogP contribution in [0.3, 0.4) is 0 Å². The Kier molecular flexibility index (Phi) is 3.69. The van der Waals surface area contributed by atoms with Gasteiger partial charge in [-0.25, -0.2) is 15.0 Å². The number of hydrogen-bond donors (Lipinski definition) is 0. The molecule has 0 atom stereocenters. The van der Waals surface area contributed by atoms with Gasteiger partial charge in [0, 0.05) is 25.5 Å². The molecule has 0 fully saturated rings. The molecule has 0 N–H and O–H groups in total. The van der Waals surface area contributed by atoms with Crippen LogP contribution in [0.5, 0.6) is 0 Å². The van der Waals surface area contributed by atoms with Crippen molar-refractivity contribution in [1.82, 2.24) is 19.5 Å². The van der Waals surface area contributed by atoms with Crippen LogP contribution in [0.25, 0.3) is 5.82 Å². The fourth-order valence-corrected chi connectivity index (χ4v) is 1.85. The van der Waals surface area contributed by atoms with Crippen molar-refractivity contribution >= 4 is 11.5 Å². The fourth-order valence-electron chi connectivity index (χ4n) is 1.85. The Hall–Kier alpha value is -2.51. The maximum Gasteiger partial charge on any atom is 0.354 e. The summed E-state index contributed by atoms with van der Waals surface area (Å²) in [6.07, 6.45) is 5.96. The van der Waals surface area contributed by atoms with Crippen molar-refractivity contribution in [3.63, 3.8) is 0 Å². The minimum Gasteiger partial charge on any atom is -0.351 e. The van der Waals surface area contributed by atoms with E-state index in [2.05, 4.69) is 15.0 Å². The van der Waals surface area contributed by atoms with Crippen molar-refractivity contribution in [2.45, 2.75) is 13.8 Å². The summed E-state index contributed by atoms with van der Waals surface area (Å²) in [5.74, 6) is 0.549. The van der Waals surface area contributed by atoms with E-state index in [-0.39, 0.29) is 11.5 Å². The van der Waals surface area contributed by atoms with Crippen LogP contribution >= 0.6 is 0 Å². The van der Waals surface area contributed by atoms with Crippen LogP contribution in [0.1, 0.15) is 13.8 Å². The standard InChI is InChI=1S/C11H14N6O2/c1-3-15(4-2)10-9(17(18)19)11(14-7-13-10)16-6-5-12-8-16/h5-8H,3-4H2,1-2H3. The number of rotatable bonds is 5. The molecule has 0 unspecified atom stereocenters. The summed E-state index contributed by atoms with van der Waals surface area (Å²) >= 11 is 0. The summed E-state index contributed by atoms with van der Waals surface area (Å²) in [4.78, 5) is 24.6. The van der Waals surface area contributed by atoms with Crippen LogP contribution in [0.15, 0.2) is 25.0 Å². The zero-order valence-electron chi connectivity index (χ0n) is 10.7. The third kappa shape index (κ3) is 2.37. The van der Waals surface area contributed by atoms with Crippen LogP contribution in [-0.2, 0) is 0 Å². The van der Waals surface area contributed by atoms with Crippen LogP contribution in [-0.4, -0.2) is 37.5 Å². The van der Waals surface area contributed by atoms with E-state index in [1.807, 2.05) is 18.7 Å². The summed E-state index contributed by atoms with van der Waals surface area (Å²) < 4.78 is 1.51. The van der Waals surface area contributed by atoms with Crippen molar-refractivity contribution in [3.8, 4) is 5.82 Å². The molecular weight excluding hydrogens is 248 g/mol. The summed E-state index contributed by atoms with van der Waals surface area (Å²) in [6.45, 7) is 5.12. The average molecular weight is 262 g/mol. The Bertz CT molecular complexity index is 565. The second-order valence-electron chi connectivity index (χ2n) is 3.77. The molecule has 0 radical (unpaired) electrons. The van der Waals surface area contributed by atoms with Crippen molar-refractivity contribution in [2.75, 3.05) is 18.0 Å². The second-order valence-corrected chi connectivity index (χ2v) is 3.77. The van der Waals surface area contributed by atoms with Crippen LogP contribution in [0.4, 0.5) is 11.5 Å². The molecule has 0 aromatic carbocycles. The van der Waals surface area contributed by atoms with Gasteiger partial charge >= 0.3 is 5.69 Å². The molecule has 8 heteroatoms. The molecule has 0 amide bonds. The van der Waals surface area contributed by atoms with E-state index in [4.69, 9.17) is 0 Å². The first-order valence-electron chi connectivity index (χ1n) is 5.91. The Morgan fingerprint density at radius 1 is 1.37 bits per heavy atom. The molecule has 100 valence electrons. The normalized spacial score (nSPS) is 10.4. The highest BCUT2D eigenvalue weighted by Crippen LogP contribution is 2.30. The van der Waals surface area contributed by atoms with E-state index in [0.717, 1.165) is 0 Å². The van der Waals surface area contributed by atoms with Gasteiger partial charge in [0.05, 0.1) is 4.92 Å². The third-order valence-corrected chi connectivity index (χ3v) is 2.78. The van der Waals surface area contributed by atoms with Gasteiger partial charge in [0.2, 0.25) is 11.6 Å². The van der Waals surface area contributed by atoms with Gasteiger partial charge < -0.3 is 4.90 Å². The minimum absolute atomic E-state index is 0.107. The lowest BCUT2D eigenvalue weighted by Gasteiger charge is -2.19. The number of imidazole rings is 1. The molecule has 19 heavy (non-hydrogen) atoms. The molecule has 2 heterocycles. The van der Waals surface area contributed by atoms with E-state index >= 15 is 0 Å². The Balaban J connectivity index is 2.63. The molecule has 0 saturated heterocycles. The van der Waals surface area contributed by atoms with E-state index in [1.54, 1.807) is 12.4 Å². The smallest absolute Gasteiger partial charge is 0.351 e. The van der Waals surface area contributed by atoms with Gasteiger partial charge in [-0.3, -0.25) is 14.7 Å². The minimum atomic E-state index is -0.455. The predicted molar refractivity (Wildman–Crippen MR) is 69.4 cm³/mol. The summed E-state index contributed by atoms with van der Waals surface area (Å²) in [7, 11) is 0. The lowest BCUT2D eigenvalue weighted by Crippen LogP contribution is -2.24. The fraction of sp³-hybridized carbons (Fsp3) is 0.364. The summed E-state index contributed by atoms with van der Waals surface area (Å²) in [6, 6.07) is 0. The second kappa shape index (κ2) is 5.42. The molecule has 2 aromatic heterocycles. The molecular formula is C11H14N6O2. The van der Waals surface area contributed by atoms with Gasteiger partial charge in [-0.05, 0) is 13.8 Å². The molecule has 0 saturated carbocycles.